The van der Waals surface area contributed by atoms with Crippen LogP contribution in [0.25, 0.3) is 0 Å². The number of nitrogens with zero attached hydrogens (tertiary/aromatic N) is 1. The van der Waals surface area contributed by atoms with Gasteiger partial charge in [-0.05, 0) is 26.7 Å². The van der Waals surface area contributed by atoms with Gasteiger partial charge in [0.2, 0.25) is 0 Å². The van der Waals surface area contributed by atoms with Gasteiger partial charge in [-0.1, -0.05) is 20.3 Å². The van der Waals surface area contributed by atoms with Gasteiger partial charge in [-0.3, -0.25) is 4.79 Å². The van der Waals surface area contributed by atoms with Gasteiger partial charge >= 0.3 is 6.09 Å². The molecular weight excluding hydrogens is 234 g/mol. The predicted octanol–water partition coefficient (Wildman–Crippen LogP) is 2.20. The molecule has 1 saturated heterocycles. The summed E-state index contributed by atoms with van der Waals surface area (Å²) in [7, 11) is 0. The van der Waals surface area contributed by atoms with Crippen LogP contribution in [0.15, 0.2) is 0 Å². The number of ether oxygens (including phenoxy) is 2. The molecule has 0 aliphatic carbocycles. The average Bonchev–Trinajstić information content (AvgIpc) is 2.25. The summed E-state index contributed by atoms with van der Waals surface area (Å²) in [5.74, 6) is -0.123. The Labute approximate surface area is 108 Å². The summed E-state index contributed by atoms with van der Waals surface area (Å²) in [6.45, 7) is 9.73. The smallest absolute Gasteiger partial charge is 0.417 e. The summed E-state index contributed by atoms with van der Waals surface area (Å²) < 4.78 is 10.5. The fourth-order valence-electron chi connectivity index (χ4n) is 1.84. The minimum absolute atomic E-state index is 0.0494. The first-order chi connectivity index (χ1) is 8.26. The van der Waals surface area contributed by atoms with Gasteiger partial charge in [0.25, 0.3) is 5.91 Å². The largest absolute Gasteiger partial charge is 0.443 e. The Balaban J connectivity index is 2.84. The van der Waals surface area contributed by atoms with Crippen LogP contribution in [0.1, 0.15) is 41.0 Å². The Kier molecular flexibility index (Phi) is 4.73. The van der Waals surface area contributed by atoms with E-state index in [4.69, 9.17) is 9.47 Å². The second-order valence-electron chi connectivity index (χ2n) is 5.71. The molecule has 5 nitrogen and oxygen atoms in total. The van der Waals surface area contributed by atoms with Crippen LogP contribution in [-0.2, 0) is 14.3 Å². The first-order valence-corrected chi connectivity index (χ1v) is 6.39. The highest BCUT2D eigenvalue weighted by molar-refractivity contribution is 5.93. The van der Waals surface area contributed by atoms with Crippen molar-refractivity contribution in [3.63, 3.8) is 0 Å². The fraction of sp³-hybridized carbons (Fsp3) is 0.846. The second-order valence-corrected chi connectivity index (χ2v) is 5.71. The number of rotatable bonds is 2. The maximum Gasteiger partial charge on any atom is 0.417 e. The molecular formula is C13H23NO4. The zero-order valence-electron chi connectivity index (χ0n) is 11.9. The molecule has 0 spiro atoms. The van der Waals surface area contributed by atoms with Crippen LogP contribution in [0.5, 0.6) is 0 Å². The van der Waals surface area contributed by atoms with Crippen molar-refractivity contribution in [3.8, 4) is 0 Å². The molecule has 1 heterocycles. The Hall–Kier alpha value is -1.10. The maximum atomic E-state index is 12.1. The third kappa shape index (κ3) is 3.70. The van der Waals surface area contributed by atoms with Crippen LogP contribution in [0.3, 0.4) is 0 Å². The minimum Gasteiger partial charge on any atom is -0.443 e. The fourth-order valence-corrected chi connectivity index (χ4v) is 1.84. The van der Waals surface area contributed by atoms with Gasteiger partial charge < -0.3 is 9.47 Å². The van der Waals surface area contributed by atoms with E-state index in [1.54, 1.807) is 20.8 Å². The summed E-state index contributed by atoms with van der Waals surface area (Å²) in [4.78, 5) is 25.2. The van der Waals surface area contributed by atoms with Crippen LogP contribution in [0, 0.1) is 5.92 Å². The van der Waals surface area contributed by atoms with Gasteiger partial charge in [0.1, 0.15) is 12.2 Å². The van der Waals surface area contributed by atoms with Crippen molar-refractivity contribution in [2.24, 2.45) is 5.92 Å². The van der Waals surface area contributed by atoms with Gasteiger partial charge in [-0.25, -0.2) is 9.69 Å². The van der Waals surface area contributed by atoms with Crippen molar-refractivity contribution in [2.75, 3.05) is 13.2 Å². The van der Waals surface area contributed by atoms with Gasteiger partial charge in [0, 0.05) is 0 Å². The Morgan fingerprint density at radius 1 is 1.56 bits per heavy atom. The van der Waals surface area contributed by atoms with E-state index >= 15 is 0 Å². The molecule has 2 atom stereocenters. The van der Waals surface area contributed by atoms with Gasteiger partial charge in [-0.2, -0.15) is 0 Å². The Bertz CT molecular complexity index is 321. The van der Waals surface area contributed by atoms with E-state index < -0.39 is 11.7 Å². The molecule has 2 amide bonds. The normalized spacial score (nSPS) is 22.8. The minimum atomic E-state index is -0.602. The van der Waals surface area contributed by atoms with E-state index in [1.165, 1.54) is 4.90 Å². The average molecular weight is 257 g/mol. The van der Waals surface area contributed by atoms with Crippen LogP contribution in [-0.4, -0.2) is 41.8 Å². The van der Waals surface area contributed by atoms with Crippen LogP contribution in [0.2, 0.25) is 0 Å². The molecule has 5 heteroatoms. The lowest BCUT2D eigenvalue weighted by atomic mass is 9.97. The summed E-state index contributed by atoms with van der Waals surface area (Å²) >= 11 is 0. The van der Waals surface area contributed by atoms with Crippen molar-refractivity contribution in [1.82, 2.24) is 4.90 Å². The van der Waals surface area contributed by atoms with Gasteiger partial charge in [-0.15, -0.1) is 0 Å². The Morgan fingerprint density at radius 3 is 2.67 bits per heavy atom. The lowest BCUT2D eigenvalue weighted by Crippen LogP contribution is -2.55. The number of hydrogen-bond donors (Lipinski definition) is 0. The highest BCUT2D eigenvalue weighted by atomic mass is 16.6. The highest BCUT2D eigenvalue weighted by Gasteiger charge is 2.38. The van der Waals surface area contributed by atoms with Crippen molar-refractivity contribution in [1.29, 1.82) is 0 Å². The first-order valence-electron chi connectivity index (χ1n) is 6.39. The summed E-state index contributed by atoms with van der Waals surface area (Å²) in [6, 6.07) is -0.230. The molecule has 0 aromatic rings. The van der Waals surface area contributed by atoms with Crippen molar-refractivity contribution in [3.05, 3.63) is 0 Å². The maximum absolute atomic E-state index is 12.1. The molecule has 18 heavy (non-hydrogen) atoms. The molecule has 0 aromatic carbocycles. The van der Waals surface area contributed by atoms with Gasteiger partial charge in [0.05, 0.1) is 12.6 Å². The zero-order valence-corrected chi connectivity index (χ0v) is 11.9. The Morgan fingerprint density at radius 2 is 2.17 bits per heavy atom. The van der Waals surface area contributed by atoms with E-state index in [0.29, 0.717) is 6.61 Å². The van der Waals surface area contributed by atoms with E-state index in [1.807, 2.05) is 13.8 Å². The number of carbonyl (C=O) groups excluding carboxylic acids is 2. The molecule has 0 saturated carbocycles. The topological polar surface area (TPSA) is 55.8 Å². The third-order valence-electron chi connectivity index (χ3n) is 3.01. The zero-order chi connectivity index (χ0) is 13.9. The van der Waals surface area contributed by atoms with Crippen molar-refractivity contribution < 1.29 is 19.1 Å². The van der Waals surface area contributed by atoms with Gasteiger partial charge in [0.15, 0.2) is 0 Å². The monoisotopic (exact) mass is 257 g/mol. The molecule has 1 fully saturated rings. The quantitative estimate of drug-likeness (QED) is 0.761. The number of hydrogen-bond acceptors (Lipinski definition) is 4. The first kappa shape index (κ1) is 15.0. The van der Waals surface area contributed by atoms with E-state index in [0.717, 1.165) is 6.42 Å². The lowest BCUT2D eigenvalue weighted by molar-refractivity contribution is -0.148. The number of morpholine rings is 1. The second kappa shape index (κ2) is 5.69. The molecule has 0 N–H and O–H groups in total. The summed E-state index contributed by atoms with van der Waals surface area (Å²) in [5, 5.41) is 0. The standard InChI is InChI=1S/C13H23NO4/c1-6-9(2)10-7-17-8-11(15)14(10)12(16)18-13(3,4)5/h9-10H,6-8H2,1-5H3/t9?,10-/m1/s1. The molecule has 0 aromatic heterocycles. The molecule has 104 valence electrons. The van der Waals surface area contributed by atoms with Crippen molar-refractivity contribution >= 4 is 12.0 Å². The number of carbonyl (C=O) groups is 2. The molecule has 1 unspecified atom stereocenters. The molecule has 1 aliphatic rings. The summed E-state index contributed by atoms with van der Waals surface area (Å²) in [5.41, 5.74) is -0.602. The third-order valence-corrected chi connectivity index (χ3v) is 3.01. The van der Waals surface area contributed by atoms with E-state index in [2.05, 4.69) is 0 Å². The number of amides is 2. The van der Waals surface area contributed by atoms with Crippen LogP contribution in [0.4, 0.5) is 4.79 Å². The summed E-state index contributed by atoms with van der Waals surface area (Å²) in [6.07, 6.45) is 0.307. The molecule has 1 aliphatic heterocycles. The van der Waals surface area contributed by atoms with Crippen molar-refractivity contribution in [2.45, 2.75) is 52.7 Å². The SMILES string of the molecule is CCC(C)[C@H]1COCC(=O)N1C(=O)OC(C)(C)C. The highest BCUT2D eigenvalue weighted by Crippen LogP contribution is 2.21. The lowest BCUT2D eigenvalue weighted by Gasteiger charge is -2.37. The van der Waals surface area contributed by atoms with E-state index in [9.17, 15) is 9.59 Å². The number of imide groups is 1. The molecule has 0 bridgehead atoms. The van der Waals surface area contributed by atoms with E-state index in [-0.39, 0.29) is 24.5 Å². The predicted molar refractivity (Wildman–Crippen MR) is 67.1 cm³/mol. The van der Waals surface area contributed by atoms with Crippen LogP contribution >= 0.6 is 0 Å². The van der Waals surface area contributed by atoms with Crippen LogP contribution < -0.4 is 0 Å². The molecule has 0 radical (unpaired) electrons. The molecule has 1 rings (SSSR count).